The Morgan fingerprint density at radius 3 is 2.17 bits per heavy atom. The van der Waals surface area contributed by atoms with Gasteiger partial charge < -0.3 is 24.3 Å². The number of nitrogens with zero attached hydrogens (tertiary/aromatic N) is 4. The van der Waals surface area contributed by atoms with Gasteiger partial charge in [0.1, 0.15) is 11.5 Å². The first-order valence-corrected chi connectivity index (χ1v) is 12.1. The van der Waals surface area contributed by atoms with Gasteiger partial charge in [-0.05, 0) is 30.9 Å². The third-order valence-electron chi connectivity index (χ3n) is 5.84. The lowest BCUT2D eigenvalue weighted by molar-refractivity contribution is -0.193. The maximum atomic E-state index is 12.7. The van der Waals surface area contributed by atoms with E-state index in [-0.39, 0.29) is 11.8 Å². The molecule has 2 aromatic heterocycles. The van der Waals surface area contributed by atoms with Crippen LogP contribution in [0, 0.1) is 5.92 Å². The van der Waals surface area contributed by atoms with Gasteiger partial charge in [0.05, 0.1) is 24.7 Å². The molecule has 1 fully saturated rings. The number of amides is 1. The van der Waals surface area contributed by atoms with Crippen molar-refractivity contribution in [1.29, 1.82) is 0 Å². The molecule has 2 aliphatic rings. The largest absolute Gasteiger partial charge is 0.495 e. The van der Waals surface area contributed by atoms with E-state index in [9.17, 15) is 31.1 Å². The Morgan fingerprint density at radius 1 is 1.07 bits per heavy atom. The van der Waals surface area contributed by atoms with Gasteiger partial charge in [-0.2, -0.15) is 26.3 Å². The molecule has 11 nitrogen and oxygen atoms in total. The van der Waals surface area contributed by atoms with Gasteiger partial charge in [-0.25, -0.2) is 14.6 Å². The van der Waals surface area contributed by atoms with E-state index in [1.54, 1.807) is 13.3 Å². The monoisotopic (exact) mass is 598 g/mol. The highest BCUT2D eigenvalue weighted by Gasteiger charge is 2.39. The van der Waals surface area contributed by atoms with Crippen molar-refractivity contribution < 1.29 is 60.1 Å². The average molecular weight is 598 g/mol. The minimum Gasteiger partial charge on any atom is -0.495 e. The number of likely N-dealkylation sites (tertiary alicyclic amines) is 1. The third kappa shape index (κ3) is 10.5. The van der Waals surface area contributed by atoms with Crippen LogP contribution in [0.4, 0.5) is 26.3 Å². The van der Waals surface area contributed by atoms with Crippen LogP contribution in [0.3, 0.4) is 0 Å². The molecule has 0 aliphatic carbocycles. The van der Waals surface area contributed by atoms with Crippen LogP contribution in [0.5, 0.6) is 5.75 Å². The molecule has 2 aliphatic heterocycles. The summed E-state index contributed by atoms with van der Waals surface area (Å²) in [4.78, 5) is 43.6. The molecule has 0 aromatic carbocycles. The summed E-state index contributed by atoms with van der Waals surface area (Å²) in [5, 5.41) is 14.2. The molecule has 0 spiro atoms. The molecule has 2 aromatic rings. The molecule has 4 rings (SSSR count). The van der Waals surface area contributed by atoms with Crippen LogP contribution in [0.15, 0.2) is 22.7 Å². The smallest absolute Gasteiger partial charge is 0.490 e. The number of alkyl halides is 6. The summed E-state index contributed by atoms with van der Waals surface area (Å²) >= 11 is 0. The maximum absolute atomic E-state index is 12.7. The first-order chi connectivity index (χ1) is 19.0. The number of carbonyl (C=O) groups excluding carboxylic acids is 1. The first kappa shape index (κ1) is 33.3. The molecule has 2 N–H and O–H groups in total. The van der Waals surface area contributed by atoms with Crippen LogP contribution in [0.25, 0.3) is 0 Å². The second-order valence-electron chi connectivity index (χ2n) is 9.14. The van der Waals surface area contributed by atoms with Gasteiger partial charge in [0.25, 0.3) is 5.89 Å². The lowest BCUT2D eigenvalue weighted by atomic mass is 10.0. The standard InChI is InChI=1S/C20H26N4O3.2C2HF3O2/c1-14-4-3-8-24(11-14)20(25)19-22-17-13-23(9-7-18(17)27-19)12-15-5-6-16(26-2)10-21-15;2*3-2(4,5)1(6)7/h5-6,10,14H,3-4,7-9,11-13H2,1-2H3;2*(H,6,7). The van der Waals surface area contributed by atoms with Crippen LogP contribution in [0.2, 0.25) is 0 Å². The highest BCUT2D eigenvalue weighted by molar-refractivity contribution is 5.89. The van der Waals surface area contributed by atoms with Crippen molar-refractivity contribution in [2.24, 2.45) is 5.92 Å². The molecule has 1 amide bonds. The summed E-state index contributed by atoms with van der Waals surface area (Å²) in [6.45, 7) is 6.06. The quantitative estimate of drug-likeness (QED) is 0.499. The van der Waals surface area contributed by atoms with E-state index in [2.05, 4.69) is 21.8 Å². The van der Waals surface area contributed by atoms with Gasteiger partial charge in [-0.1, -0.05) is 6.92 Å². The molecule has 4 heterocycles. The van der Waals surface area contributed by atoms with Gasteiger partial charge >= 0.3 is 30.2 Å². The van der Waals surface area contributed by atoms with Gasteiger partial charge in [-0.15, -0.1) is 0 Å². The number of pyridine rings is 1. The van der Waals surface area contributed by atoms with E-state index in [4.69, 9.17) is 29.0 Å². The fraction of sp³-hybridized carbons (Fsp3) is 0.542. The third-order valence-corrected chi connectivity index (χ3v) is 5.84. The number of fused-ring (bicyclic) bond motifs is 1. The van der Waals surface area contributed by atoms with E-state index in [0.29, 0.717) is 12.5 Å². The first-order valence-electron chi connectivity index (χ1n) is 12.1. The molecule has 0 bridgehead atoms. The second-order valence-corrected chi connectivity index (χ2v) is 9.14. The number of piperidine rings is 1. The van der Waals surface area contributed by atoms with E-state index in [1.165, 1.54) is 6.42 Å². The number of halogens is 6. The Hall–Kier alpha value is -3.89. The predicted octanol–water partition coefficient (Wildman–Crippen LogP) is 3.78. The van der Waals surface area contributed by atoms with Gasteiger partial charge in [-0.3, -0.25) is 14.7 Å². The van der Waals surface area contributed by atoms with Crippen molar-refractivity contribution in [2.75, 3.05) is 26.7 Å². The van der Waals surface area contributed by atoms with E-state index in [1.807, 2.05) is 17.0 Å². The number of aliphatic carboxylic acids is 2. The number of carboxylic acid groups (broad SMARTS) is 2. The summed E-state index contributed by atoms with van der Waals surface area (Å²) in [6.07, 6.45) is -5.43. The fourth-order valence-corrected chi connectivity index (χ4v) is 3.84. The minimum atomic E-state index is -5.08. The zero-order chi connectivity index (χ0) is 31.0. The van der Waals surface area contributed by atoms with Crippen LogP contribution in [-0.2, 0) is 29.1 Å². The Labute approximate surface area is 229 Å². The number of aromatic nitrogens is 2. The second kappa shape index (κ2) is 14.1. The molecule has 1 saturated heterocycles. The molecule has 17 heteroatoms. The topological polar surface area (TPSA) is 146 Å². The van der Waals surface area contributed by atoms with Gasteiger partial charge in [0.2, 0.25) is 0 Å². The van der Waals surface area contributed by atoms with E-state index >= 15 is 0 Å². The molecule has 1 unspecified atom stereocenters. The molecule has 41 heavy (non-hydrogen) atoms. The summed E-state index contributed by atoms with van der Waals surface area (Å²) < 4.78 is 74.4. The minimum absolute atomic E-state index is 0.0701. The molecule has 0 saturated carbocycles. The lowest BCUT2D eigenvalue weighted by Gasteiger charge is -2.29. The maximum Gasteiger partial charge on any atom is 0.490 e. The Balaban J connectivity index is 0.000000349. The summed E-state index contributed by atoms with van der Waals surface area (Å²) in [5.74, 6) is -3.19. The summed E-state index contributed by atoms with van der Waals surface area (Å²) in [5.41, 5.74) is 1.87. The Bertz CT molecular complexity index is 1160. The van der Waals surface area contributed by atoms with Crippen LogP contribution < -0.4 is 4.74 Å². The Kier molecular flexibility index (Phi) is 11.5. The predicted molar refractivity (Wildman–Crippen MR) is 127 cm³/mol. The highest BCUT2D eigenvalue weighted by Crippen LogP contribution is 2.24. The van der Waals surface area contributed by atoms with Crippen molar-refractivity contribution in [3.63, 3.8) is 0 Å². The van der Waals surface area contributed by atoms with E-state index < -0.39 is 24.3 Å². The molecule has 0 radical (unpaired) electrons. The number of carboxylic acids is 2. The molecular weight excluding hydrogens is 570 g/mol. The normalized spacial score (nSPS) is 17.3. The number of carbonyl (C=O) groups is 3. The number of hydrogen-bond donors (Lipinski definition) is 2. The van der Waals surface area contributed by atoms with Crippen molar-refractivity contribution in [3.05, 3.63) is 41.4 Å². The zero-order valence-electron chi connectivity index (χ0n) is 22.0. The van der Waals surface area contributed by atoms with Crippen molar-refractivity contribution in [2.45, 2.75) is 51.6 Å². The summed E-state index contributed by atoms with van der Waals surface area (Å²) in [6, 6.07) is 3.90. The van der Waals surface area contributed by atoms with Gasteiger partial charge in [0.15, 0.2) is 0 Å². The number of hydrogen-bond acceptors (Lipinski definition) is 8. The van der Waals surface area contributed by atoms with Crippen LogP contribution in [0.1, 0.15) is 47.6 Å². The molecule has 228 valence electrons. The van der Waals surface area contributed by atoms with E-state index in [0.717, 1.165) is 61.9 Å². The van der Waals surface area contributed by atoms with Crippen molar-refractivity contribution in [1.82, 2.24) is 19.8 Å². The Morgan fingerprint density at radius 2 is 1.68 bits per heavy atom. The van der Waals surface area contributed by atoms with Crippen molar-refractivity contribution in [3.8, 4) is 5.75 Å². The lowest BCUT2D eigenvalue weighted by Crippen LogP contribution is -2.39. The number of ether oxygens (including phenoxy) is 1. The SMILES string of the molecule is COc1ccc(CN2CCc3oc(C(=O)N4CCCC(C)C4)nc3C2)nc1.O=C(O)C(F)(F)F.O=C(O)C(F)(F)F. The number of methoxy groups -OCH3 is 1. The number of oxazole rings is 1. The fourth-order valence-electron chi connectivity index (χ4n) is 3.84. The molecular formula is C24H28F6N4O7. The highest BCUT2D eigenvalue weighted by atomic mass is 19.4. The van der Waals surface area contributed by atoms with Crippen LogP contribution >= 0.6 is 0 Å². The molecule has 1 atom stereocenters. The summed E-state index contributed by atoms with van der Waals surface area (Å²) in [7, 11) is 1.64. The zero-order valence-corrected chi connectivity index (χ0v) is 22.0. The average Bonchev–Trinajstić information content (AvgIpc) is 3.32. The number of rotatable bonds is 4. The van der Waals surface area contributed by atoms with Gasteiger partial charge in [0, 0.05) is 39.1 Å². The van der Waals surface area contributed by atoms with Crippen LogP contribution in [-0.4, -0.2) is 86.9 Å². The van der Waals surface area contributed by atoms with Crippen molar-refractivity contribution >= 4 is 17.8 Å².